The highest BCUT2D eigenvalue weighted by Gasteiger charge is 2.13. The molecule has 0 aliphatic rings. The molecule has 2 N–H and O–H groups in total. The van der Waals surface area contributed by atoms with Crippen LogP contribution in [-0.2, 0) is 14.5 Å². The van der Waals surface area contributed by atoms with Crippen molar-refractivity contribution in [1.29, 1.82) is 0 Å². The largest absolute Gasteiger partial charge is 0.363 e. The average molecular weight is 210 g/mol. The average Bonchev–Trinajstić information content (AvgIpc) is 2.03. The van der Waals surface area contributed by atoms with Crippen molar-refractivity contribution in [3.63, 3.8) is 0 Å². The maximum atomic E-state index is 10.9. The predicted molar refractivity (Wildman–Crippen MR) is 47.3 cm³/mol. The number of urea groups is 1. The Kier molecular flexibility index (Phi) is 4.71. The van der Waals surface area contributed by atoms with Crippen LogP contribution in [0.5, 0.6) is 0 Å². The van der Waals surface area contributed by atoms with Gasteiger partial charge in [0.2, 0.25) is 0 Å². The molecule has 78 valence electrons. The normalized spacial score (nSPS) is 13.5. The van der Waals surface area contributed by atoms with Crippen LogP contribution in [0.2, 0.25) is 0 Å². The molecular formula is C6H14N2O4S. The Balaban J connectivity index is 4.03. The Bertz CT molecular complexity index is 262. The molecule has 6 nitrogen and oxygen atoms in total. The molecule has 0 spiro atoms. The number of hydrogen-bond acceptors (Lipinski definition) is 4. The molecule has 0 aliphatic carbocycles. The smallest absolute Gasteiger partial charge is 0.335 e. The first-order chi connectivity index (χ1) is 5.91. The van der Waals surface area contributed by atoms with Crippen molar-refractivity contribution in [2.75, 3.05) is 7.11 Å². The van der Waals surface area contributed by atoms with Gasteiger partial charge in [0.1, 0.15) is 0 Å². The van der Waals surface area contributed by atoms with Crippen LogP contribution >= 0.6 is 0 Å². The summed E-state index contributed by atoms with van der Waals surface area (Å²) in [6.07, 6.45) is 0.723. The van der Waals surface area contributed by atoms with E-state index < -0.39 is 16.3 Å². The van der Waals surface area contributed by atoms with Gasteiger partial charge < -0.3 is 5.32 Å². The van der Waals surface area contributed by atoms with E-state index in [1.165, 1.54) is 0 Å². The van der Waals surface area contributed by atoms with Gasteiger partial charge in [0.05, 0.1) is 7.11 Å². The van der Waals surface area contributed by atoms with Gasteiger partial charge in [0, 0.05) is 6.04 Å². The van der Waals surface area contributed by atoms with Crippen LogP contribution in [0, 0.1) is 0 Å². The molecule has 13 heavy (non-hydrogen) atoms. The van der Waals surface area contributed by atoms with E-state index in [2.05, 4.69) is 9.50 Å². The second-order valence-corrected chi connectivity index (χ2v) is 3.95. The Labute approximate surface area is 77.9 Å². The first kappa shape index (κ1) is 12.2. The van der Waals surface area contributed by atoms with Crippen molar-refractivity contribution >= 4 is 16.3 Å². The molecule has 0 aromatic heterocycles. The summed E-state index contributed by atoms with van der Waals surface area (Å²) in [5.41, 5.74) is 0. The molecule has 0 saturated heterocycles. The summed E-state index contributed by atoms with van der Waals surface area (Å²) in [5, 5.41) is 2.41. The number of rotatable bonds is 4. The van der Waals surface area contributed by atoms with Gasteiger partial charge in [-0.15, -0.1) is 0 Å². The van der Waals surface area contributed by atoms with Crippen LogP contribution in [0.1, 0.15) is 20.3 Å². The number of amides is 2. The molecule has 0 aromatic rings. The number of hydrogen-bond donors (Lipinski definition) is 2. The quantitative estimate of drug-likeness (QED) is 0.682. The predicted octanol–water partition coefficient (Wildman–Crippen LogP) is -0.0247. The van der Waals surface area contributed by atoms with Crippen molar-refractivity contribution < 1.29 is 17.4 Å². The molecule has 0 heterocycles. The fraction of sp³-hybridized carbons (Fsp3) is 0.833. The number of carbonyl (C=O) groups is 1. The number of carbonyl (C=O) groups excluding carboxylic acids is 1. The minimum absolute atomic E-state index is 0.0768. The highest BCUT2D eigenvalue weighted by atomic mass is 32.2. The van der Waals surface area contributed by atoms with E-state index in [9.17, 15) is 13.2 Å². The fourth-order valence-corrected chi connectivity index (χ4v) is 0.880. The van der Waals surface area contributed by atoms with Crippen LogP contribution < -0.4 is 10.0 Å². The molecule has 1 atom stereocenters. The highest BCUT2D eigenvalue weighted by molar-refractivity contribution is 7.85. The van der Waals surface area contributed by atoms with Gasteiger partial charge in [-0.25, -0.2) is 9.52 Å². The topological polar surface area (TPSA) is 84.5 Å². The van der Waals surface area contributed by atoms with Crippen LogP contribution in [-0.4, -0.2) is 27.6 Å². The Hall–Kier alpha value is -0.820. The summed E-state index contributed by atoms with van der Waals surface area (Å²) in [6.45, 7) is 3.63. The first-order valence-electron chi connectivity index (χ1n) is 3.80. The van der Waals surface area contributed by atoms with Crippen LogP contribution in [0.3, 0.4) is 0 Å². The lowest BCUT2D eigenvalue weighted by Crippen LogP contribution is -2.43. The molecule has 0 saturated carbocycles. The van der Waals surface area contributed by atoms with E-state index in [4.69, 9.17) is 0 Å². The molecule has 0 radical (unpaired) electrons. The van der Waals surface area contributed by atoms with Gasteiger partial charge in [-0.05, 0) is 13.3 Å². The zero-order chi connectivity index (χ0) is 10.5. The molecule has 7 heteroatoms. The van der Waals surface area contributed by atoms with Crippen molar-refractivity contribution in [2.24, 2.45) is 0 Å². The van der Waals surface area contributed by atoms with Crippen molar-refractivity contribution in [2.45, 2.75) is 26.3 Å². The standard InChI is InChI=1S/C6H14N2O4S/c1-4-5(2)7-6(9)8-13(10,11)12-3/h5H,4H2,1-3H3,(H2,7,8,9)/t5-/m0/s1. The van der Waals surface area contributed by atoms with E-state index in [0.29, 0.717) is 0 Å². The van der Waals surface area contributed by atoms with Gasteiger partial charge in [0.25, 0.3) is 0 Å². The summed E-state index contributed by atoms with van der Waals surface area (Å²) in [4.78, 5) is 10.9. The first-order valence-corrected chi connectivity index (χ1v) is 5.21. The number of nitrogens with one attached hydrogen (secondary N) is 2. The third kappa shape index (κ3) is 5.42. The molecule has 0 unspecified atom stereocenters. The zero-order valence-corrected chi connectivity index (χ0v) is 8.64. The summed E-state index contributed by atoms with van der Waals surface area (Å²) in [6, 6.07) is -0.858. The fourth-order valence-electron chi connectivity index (χ4n) is 0.511. The molecule has 0 rings (SSSR count). The van der Waals surface area contributed by atoms with Crippen LogP contribution in [0.25, 0.3) is 0 Å². The molecule has 0 aliphatic heterocycles. The van der Waals surface area contributed by atoms with Crippen LogP contribution in [0.4, 0.5) is 4.79 Å². The minimum atomic E-state index is -3.93. The van der Waals surface area contributed by atoms with Crippen molar-refractivity contribution in [3.05, 3.63) is 0 Å². The van der Waals surface area contributed by atoms with Gasteiger partial charge in [-0.3, -0.25) is 4.18 Å². The SMILES string of the molecule is CC[C@H](C)NC(=O)NS(=O)(=O)OC. The zero-order valence-electron chi connectivity index (χ0n) is 7.83. The van der Waals surface area contributed by atoms with Crippen molar-refractivity contribution in [3.8, 4) is 0 Å². The summed E-state index contributed by atoms with van der Waals surface area (Å²) >= 11 is 0. The lowest BCUT2D eigenvalue weighted by atomic mass is 10.3. The van der Waals surface area contributed by atoms with E-state index in [1.807, 2.05) is 6.92 Å². The Morgan fingerprint density at radius 1 is 1.54 bits per heavy atom. The molecule has 0 bridgehead atoms. The van der Waals surface area contributed by atoms with Gasteiger partial charge in [-0.1, -0.05) is 6.92 Å². The maximum Gasteiger partial charge on any atom is 0.363 e. The van der Waals surface area contributed by atoms with Gasteiger partial charge >= 0.3 is 16.3 Å². The van der Waals surface area contributed by atoms with Gasteiger partial charge in [0.15, 0.2) is 0 Å². The van der Waals surface area contributed by atoms with E-state index in [-0.39, 0.29) is 6.04 Å². The molecule has 0 aromatic carbocycles. The Morgan fingerprint density at radius 3 is 2.46 bits per heavy atom. The van der Waals surface area contributed by atoms with E-state index in [1.54, 1.807) is 11.6 Å². The molecular weight excluding hydrogens is 196 g/mol. The minimum Gasteiger partial charge on any atom is -0.335 e. The van der Waals surface area contributed by atoms with Gasteiger partial charge in [-0.2, -0.15) is 8.42 Å². The monoisotopic (exact) mass is 210 g/mol. The third-order valence-corrected chi connectivity index (χ3v) is 2.30. The summed E-state index contributed by atoms with van der Waals surface area (Å²) < 4.78 is 27.1. The van der Waals surface area contributed by atoms with Crippen LogP contribution in [0.15, 0.2) is 0 Å². The molecule has 0 fully saturated rings. The lowest BCUT2D eigenvalue weighted by molar-refractivity contribution is 0.241. The van der Waals surface area contributed by atoms with Crippen molar-refractivity contribution in [1.82, 2.24) is 10.0 Å². The molecule has 2 amide bonds. The second kappa shape index (κ2) is 5.03. The second-order valence-electron chi connectivity index (χ2n) is 2.51. The summed E-state index contributed by atoms with van der Waals surface area (Å²) in [7, 11) is -2.96. The third-order valence-electron chi connectivity index (χ3n) is 1.43. The van der Waals surface area contributed by atoms with E-state index in [0.717, 1.165) is 13.5 Å². The van der Waals surface area contributed by atoms with E-state index >= 15 is 0 Å². The summed E-state index contributed by atoms with van der Waals surface area (Å²) in [5.74, 6) is 0. The Morgan fingerprint density at radius 2 is 2.08 bits per heavy atom. The highest BCUT2D eigenvalue weighted by Crippen LogP contribution is 1.88. The maximum absolute atomic E-state index is 10.9. The lowest BCUT2D eigenvalue weighted by Gasteiger charge is -2.11.